The minimum Gasteiger partial charge on any atom is -0.348 e. The SMILES string of the molecule is O=C(CCl)N[C@H]1C[C@H](c2ccccc2)c2ccccc21. The van der Waals surface area contributed by atoms with E-state index in [0.29, 0.717) is 5.92 Å². The van der Waals surface area contributed by atoms with Gasteiger partial charge in [-0.3, -0.25) is 4.79 Å². The summed E-state index contributed by atoms with van der Waals surface area (Å²) in [7, 11) is 0. The second kappa shape index (κ2) is 5.68. The van der Waals surface area contributed by atoms with E-state index in [-0.39, 0.29) is 17.8 Å². The van der Waals surface area contributed by atoms with Gasteiger partial charge in [0.05, 0.1) is 6.04 Å². The van der Waals surface area contributed by atoms with Gasteiger partial charge in [0, 0.05) is 5.92 Å². The summed E-state index contributed by atoms with van der Waals surface area (Å²) < 4.78 is 0. The van der Waals surface area contributed by atoms with E-state index in [2.05, 4.69) is 47.8 Å². The molecule has 1 N–H and O–H groups in total. The van der Waals surface area contributed by atoms with E-state index in [0.717, 1.165) is 6.42 Å². The van der Waals surface area contributed by atoms with Crippen molar-refractivity contribution in [3.05, 3.63) is 71.3 Å². The number of hydrogen-bond donors (Lipinski definition) is 1. The molecule has 0 saturated carbocycles. The van der Waals surface area contributed by atoms with Crippen LogP contribution in [-0.2, 0) is 4.79 Å². The minimum absolute atomic E-state index is 0.00860. The fraction of sp³-hybridized carbons (Fsp3) is 0.235. The van der Waals surface area contributed by atoms with Crippen molar-refractivity contribution in [1.82, 2.24) is 5.32 Å². The van der Waals surface area contributed by atoms with Crippen LogP contribution in [0.25, 0.3) is 0 Å². The summed E-state index contributed by atoms with van der Waals surface area (Å²) in [5.74, 6) is 0.238. The molecule has 2 atom stereocenters. The Morgan fingerprint density at radius 3 is 2.40 bits per heavy atom. The van der Waals surface area contributed by atoms with Gasteiger partial charge in [0.25, 0.3) is 0 Å². The molecule has 1 aliphatic rings. The van der Waals surface area contributed by atoms with Gasteiger partial charge in [0.1, 0.15) is 5.88 Å². The number of amides is 1. The van der Waals surface area contributed by atoms with Crippen molar-refractivity contribution < 1.29 is 4.79 Å². The van der Waals surface area contributed by atoms with Crippen LogP contribution >= 0.6 is 11.6 Å². The third-order valence-electron chi connectivity index (χ3n) is 3.88. The lowest BCUT2D eigenvalue weighted by Crippen LogP contribution is -2.28. The van der Waals surface area contributed by atoms with Gasteiger partial charge in [-0.1, -0.05) is 54.6 Å². The van der Waals surface area contributed by atoms with E-state index >= 15 is 0 Å². The number of rotatable bonds is 3. The van der Waals surface area contributed by atoms with Crippen molar-refractivity contribution in [1.29, 1.82) is 0 Å². The maximum absolute atomic E-state index is 11.6. The van der Waals surface area contributed by atoms with Crippen molar-refractivity contribution >= 4 is 17.5 Å². The Morgan fingerprint density at radius 2 is 1.70 bits per heavy atom. The topological polar surface area (TPSA) is 29.1 Å². The number of benzene rings is 2. The number of hydrogen-bond acceptors (Lipinski definition) is 1. The first kappa shape index (κ1) is 13.2. The van der Waals surface area contributed by atoms with Crippen LogP contribution in [-0.4, -0.2) is 11.8 Å². The maximum atomic E-state index is 11.6. The number of nitrogens with one attached hydrogen (secondary N) is 1. The third-order valence-corrected chi connectivity index (χ3v) is 4.12. The molecule has 20 heavy (non-hydrogen) atoms. The Labute approximate surface area is 123 Å². The highest BCUT2D eigenvalue weighted by Crippen LogP contribution is 2.43. The summed E-state index contributed by atoms with van der Waals surface area (Å²) in [6.45, 7) is 0. The zero-order valence-electron chi connectivity index (χ0n) is 11.1. The van der Waals surface area contributed by atoms with E-state index < -0.39 is 0 Å². The molecule has 2 nitrogen and oxygen atoms in total. The van der Waals surface area contributed by atoms with E-state index in [1.807, 2.05) is 12.1 Å². The summed E-state index contributed by atoms with van der Waals surface area (Å²) in [4.78, 5) is 11.6. The quantitative estimate of drug-likeness (QED) is 0.858. The summed E-state index contributed by atoms with van der Waals surface area (Å²) in [5.41, 5.74) is 3.81. The molecule has 0 fully saturated rings. The van der Waals surface area contributed by atoms with Crippen molar-refractivity contribution in [3.63, 3.8) is 0 Å². The first-order valence-electron chi connectivity index (χ1n) is 6.78. The highest BCUT2D eigenvalue weighted by Gasteiger charge is 2.32. The lowest BCUT2D eigenvalue weighted by molar-refractivity contribution is -0.119. The van der Waals surface area contributed by atoms with Crippen molar-refractivity contribution in [3.8, 4) is 0 Å². The number of carbonyl (C=O) groups excluding carboxylic acids is 1. The smallest absolute Gasteiger partial charge is 0.235 e. The number of fused-ring (bicyclic) bond motifs is 1. The van der Waals surface area contributed by atoms with E-state index in [9.17, 15) is 4.79 Å². The van der Waals surface area contributed by atoms with Crippen LogP contribution in [0.15, 0.2) is 54.6 Å². The van der Waals surface area contributed by atoms with E-state index in [4.69, 9.17) is 11.6 Å². The summed E-state index contributed by atoms with van der Waals surface area (Å²) in [6.07, 6.45) is 0.895. The van der Waals surface area contributed by atoms with Crippen molar-refractivity contribution in [2.75, 3.05) is 5.88 Å². The molecule has 0 saturated heterocycles. The Bertz CT molecular complexity index is 611. The lowest BCUT2D eigenvalue weighted by atomic mass is 9.93. The maximum Gasteiger partial charge on any atom is 0.235 e. The predicted molar refractivity (Wildman–Crippen MR) is 80.9 cm³/mol. The average Bonchev–Trinajstić information content (AvgIpc) is 2.87. The Morgan fingerprint density at radius 1 is 1.05 bits per heavy atom. The molecule has 3 rings (SSSR count). The predicted octanol–water partition coefficient (Wildman–Crippen LogP) is 3.62. The van der Waals surface area contributed by atoms with Crippen LogP contribution < -0.4 is 5.32 Å². The standard InChI is InChI=1S/C17H16ClNO/c18-11-17(20)19-16-10-15(12-6-2-1-3-7-12)13-8-4-5-9-14(13)16/h1-9,15-16H,10-11H2,(H,19,20)/t15-,16+/m1/s1. The fourth-order valence-electron chi connectivity index (χ4n) is 3.01. The third kappa shape index (κ3) is 2.44. The number of alkyl halides is 1. The van der Waals surface area contributed by atoms with Crippen LogP contribution in [0.1, 0.15) is 35.1 Å². The van der Waals surface area contributed by atoms with Gasteiger partial charge < -0.3 is 5.32 Å². The normalized spacial score (nSPS) is 20.4. The van der Waals surface area contributed by atoms with Crippen LogP contribution in [0.4, 0.5) is 0 Å². The van der Waals surface area contributed by atoms with Gasteiger partial charge in [-0.05, 0) is 23.1 Å². The lowest BCUT2D eigenvalue weighted by Gasteiger charge is -2.14. The Kier molecular flexibility index (Phi) is 3.75. The Hall–Kier alpha value is -1.80. The van der Waals surface area contributed by atoms with Gasteiger partial charge in [-0.15, -0.1) is 11.6 Å². The Balaban J connectivity index is 1.94. The molecule has 0 spiro atoms. The summed E-state index contributed by atoms with van der Waals surface area (Å²) >= 11 is 5.60. The van der Waals surface area contributed by atoms with Crippen LogP contribution in [0, 0.1) is 0 Å². The molecule has 0 aliphatic heterocycles. The first-order chi connectivity index (χ1) is 9.79. The highest BCUT2D eigenvalue weighted by molar-refractivity contribution is 6.27. The van der Waals surface area contributed by atoms with Gasteiger partial charge in [0.2, 0.25) is 5.91 Å². The molecule has 0 radical (unpaired) electrons. The van der Waals surface area contributed by atoms with E-state index in [1.54, 1.807) is 0 Å². The van der Waals surface area contributed by atoms with Gasteiger partial charge >= 0.3 is 0 Å². The molecule has 0 heterocycles. The average molecular weight is 286 g/mol. The van der Waals surface area contributed by atoms with Crippen molar-refractivity contribution in [2.24, 2.45) is 0 Å². The second-order valence-corrected chi connectivity index (χ2v) is 5.35. The molecule has 0 unspecified atom stereocenters. The molecule has 102 valence electrons. The molecule has 2 aromatic rings. The number of halogens is 1. The van der Waals surface area contributed by atoms with Gasteiger partial charge in [0.15, 0.2) is 0 Å². The highest BCUT2D eigenvalue weighted by atomic mass is 35.5. The first-order valence-corrected chi connectivity index (χ1v) is 7.32. The van der Waals surface area contributed by atoms with Crippen LogP contribution in [0.2, 0.25) is 0 Å². The molecule has 0 bridgehead atoms. The van der Waals surface area contributed by atoms with Crippen LogP contribution in [0.3, 0.4) is 0 Å². The molecule has 2 aromatic carbocycles. The largest absolute Gasteiger partial charge is 0.348 e. The molecule has 3 heteroatoms. The van der Waals surface area contributed by atoms with Gasteiger partial charge in [-0.25, -0.2) is 0 Å². The van der Waals surface area contributed by atoms with Gasteiger partial charge in [-0.2, -0.15) is 0 Å². The minimum atomic E-state index is -0.111. The van der Waals surface area contributed by atoms with Crippen LogP contribution in [0.5, 0.6) is 0 Å². The summed E-state index contributed by atoms with van der Waals surface area (Å²) in [6, 6.07) is 18.8. The fourth-order valence-corrected chi connectivity index (χ4v) is 3.08. The number of carbonyl (C=O) groups is 1. The molecule has 1 aliphatic carbocycles. The molecule has 1 amide bonds. The zero-order valence-corrected chi connectivity index (χ0v) is 11.8. The zero-order chi connectivity index (χ0) is 13.9. The summed E-state index contributed by atoms with van der Waals surface area (Å²) in [5, 5.41) is 3.01. The molecule has 0 aromatic heterocycles. The molecular weight excluding hydrogens is 270 g/mol. The van der Waals surface area contributed by atoms with E-state index in [1.165, 1.54) is 16.7 Å². The monoisotopic (exact) mass is 285 g/mol. The van der Waals surface area contributed by atoms with Crippen molar-refractivity contribution in [2.45, 2.75) is 18.4 Å². The second-order valence-electron chi connectivity index (χ2n) is 5.08. The molecular formula is C17H16ClNO.